The number of carbonyl (C=O) groups excluding carboxylic acids is 1. The molecule has 0 radical (unpaired) electrons. The van der Waals surface area contributed by atoms with E-state index in [1.54, 1.807) is 0 Å². The van der Waals surface area contributed by atoms with Gasteiger partial charge in [0.15, 0.2) is 0 Å². The number of rotatable bonds is 14. The Kier molecular flexibility index (Phi) is 17.3. The van der Waals surface area contributed by atoms with E-state index in [0.717, 1.165) is 19.3 Å². The number of hydrogen-bond acceptors (Lipinski definition) is 5. The van der Waals surface area contributed by atoms with Gasteiger partial charge in [0.25, 0.3) is 0 Å². The van der Waals surface area contributed by atoms with Gasteiger partial charge in [-0.3, -0.25) is 4.79 Å². The van der Waals surface area contributed by atoms with Crippen LogP contribution < -0.4 is 29.6 Å². The van der Waals surface area contributed by atoms with Crippen LogP contribution in [-0.2, 0) is 14.9 Å². The molecule has 0 aromatic carbocycles. The molecule has 1 unspecified atom stereocenters. The van der Waals surface area contributed by atoms with Crippen LogP contribution in [0.4, 0.5) is 0 Å². The third-order valence-corrected chi connectivity index (χ3v) is 4.59. The number of carbonyl (C=O) groups is 1. The molecular formula is C16H32NNaO5S. The maximum absolute atomic E-state index is 11.8. The van der Waals surface area contributed by atoms with Gasteiger partial charge < -0.3 is 14.6 Å². The third-order valence-electron chi connectivity index (χ3n) is 3.80. The second kappa shape index (κ2) is 15.6. The Labute approximate surface area is 169 Å². The molecule has 1 amide bonds. The van der Waals surface area contributed by atoms with E-state index in [9.17, 15) is 22.9 Å². The largest absolute Gasteiger partial charge is 1.00 e. The van der Waals surface area contributed by atoms with Crippen molar-refractivity contribution in [3.05, 3.63) is 0 Å². The Morgan fingerprint density at radius 3 is 1.96 bits per heavy atom. The minimum absolute atomic E-state index is 0. The van der Waals surface area contributed by atoms with Crippen molar-refractivity contribution in [2.45, 2.75) is 77.2 Å². The third kappa shape index (κ3) is 17.2. The van der Waals surface area contributed by atoms with E-state index < -0.39 is 22.0 Å². The summed E-state index contributed by atoms with van der Waals surface area (Å²) in [6, 6.07) is 0. The van der Waals surface area contributed by atoms with Gasteiger partial charge in [-0.05, 0) is 6.42 Å². The average Bonchev–Trinajstić information content (AvgIpc) is 2.43. The number of aliphatic hydroxyl groups is 1. The minimum Gasteiger partial charge on any atom is -0.748 e. The summed E-state index contributed by atoms with van der Waals surface area (Å²) in [7, 11) is -2.96. The van der Waals surface area contributed by atoms with Crippen LogP contribution in [0.2, 0.25) is 0 Å². The molecule has 6 nitrogen and oxygen atoms in total. The first-order chi connectivity index (χ1) is 10.8. The molecule has 0 rings (SSSR count). The van der Waals surface area contributed by atoms with Crippen LogP contribution in [0.5, 0.6) is 0 Å². The van der Waals surface area contributed by atoms with Crippen LogP contribution in [-0.4, -0.2) is 54.3 Å². The van der Waals surface area contributed by atoms with Gasteiger partial charge in [0.2, 0.25) is 5.91 Å². The molecule has 138 valence electrons. The fraction of sp³-hybridized carbons (Fsp3) is 0.938. The van der Waals surface area contributed by atoms with Crippen LogP contribution in [0.15, 0.2) is 0 Å². The number of amides is 1. The molecule has 0 aromatic rings. The number of likely N-dealkylation sites (N-methyl/N-ethyl adjacent to an activating group) is 1. The molecule has 0 saturated carbocycles. The minimum atomic E-state index is -4.47. The summed E-state index contributed by atoms with van der Waals surface area (Å²) in [4.78, 5) is 13.1. The van der Waals surface area contributed by atoms with Gasteiger partial charge in [0.05, 0.1) is 22.0 Å². The smallest absolute Gasteiger partial charge is 0.748 e. The summed E-state index contributed by atoms with van der Waals surface area (Å²) in [6.45, 7) is 2.07. The Balaban J connectivity index is 0. The quantitative estimate of drug-likeness (QED) is 0.246. The van der Waals surface area contributed by atoms with Crippen LogP contribution in [0.1, 0.15) is 71.1 Å². The van der Waals surface area contributed by atoms with Crippen molar-refractivity contribution in [3.8, 4) is 0 Å². The van der Waals surface area contributed by atoms with E-state index >= 15 is 0 Å². The Morgan fingerprint density at radius 2 is 1.50 bits per heavy atom. The molecule has 0 aliphatic heterocycles. The van der Waals surface area contributed by atoms with Crippen molar-refractivity contribution in [1.82, 2.24) is 4.90 Å². The predicted molar refractivity (Wildman–Crippen MR) is 90.1 cm³/mol. The Bertz CT molecular complexity index is 417. The number of unbranched alkanes of at least 4 members (excludes halogenated alkanes) is 8. The molecular weight excluding hydrogens is 341 g/mol. The van der Waals surface area contributed by atoms with E-state index in [0.29, 0.717) is 6.42 Å². The fourth-order valence-corrected chi connectivity index (χ4v) is 3.06. The van der Waals surface area contributed by atoms with Crippen molar-refractivity contribution >= 4 is 16.0 Å². The molecule has 0 fully saturated rings. The van der Waals surface area contributed by atoms with Gasteiger partial charge in [0, 0.05) is 20.0 Å². The van der Waals surface area contributed by atoms with Crippen molar-refractivity contribution < 1.29 is 52.4 Å². The first-order valence-corrected chi connectivity index (χ1v) is 10.2. The average molecular weight is 373 g/mol. The van der Waals surface area contributed by atoms with Gasteiger partial charge in [0.1, 0.15) is 0 Å². The van der Waals surface area contributed by atoms with E-state index in [2.05, 4.69) is 6.92 Å². The van der Waals surface area contributed by atoms with Gasteiger partial charge in [-0.25, -0.2) is 8.42 Å². The van der Waals surface area contributed by atoms with Gasteiger partial charge in [-0.2, -0.15) is 0 Å². The van der Waals surface area contributed by atoms with Gasteiger partial charge in [-0.1, -0.05) is 58.3 Å². The summed E-state index contributed by atoms with van der Waals surface area (Å²) in [6.07, 6.45) is 9.61. The van der Waals surface area contributed by atoms with Crippen LogP contribution in [0.25, 0.3) is 0 Å². The summed E-state index contributed by atoms with van der Waals surface area (Å²) < 4.78 is 31.6. The Hall–Kier alpha value is 0.340. The zero-order valence-electron chi connectivity index (χ0n) is 15.5. The predicted octanol–water partition coefficient (Wildman–Crippen LogP) is -0.724. The van der Waals surface area contributed by atoms with E-state index in [4.69, 9.17) is 0 Å². The molecule has 24 heavy (non-hydrogen) atoms. The molecule has 0 bridgehead atoms. The molecule has 0 aliphatic rings. The Morgan fingerprint density at radius 1 is 1.04 bits per heavy atom. The molecule has 8 heteroatoms. The van der Waals surface area contributed by atoms with Gasteiger partial charge in [-0.15, -0.1) is 0 Å². The zero-order valence-corrected chi connectivity index (χ0v) is 18.3. The standard InChI is InChI=1S/C16H33NO5S.Na/c1-3-4-5-6-7-8-9-10-11-12-16(19)17(2)13-15(18)14-23(20,21)22;/h15,18H,3-14H2,1-2H3,(H,20,21,22);/q;+1/p-1. The molecule has 0 saturated heterocycles. The number of aliphatic hydroxyl groups excluding tert-OH is 1. The first kappa shape index (κ1) is 26.6. The summed E-state index contributed by atoms with van der Waals surface area (Å²) in [5, 5.41) is 9.46. The summed E-state index contributed by atoms with van der Waals surface area (Å²) in [5.74, 6) is -0.988. The van der Waals surface area contributed by atoms with Gasteiger partial charge >= 0.3 is 29.6 Å². The maximum atomic E-state index is 11.8. The first-order valence-electron chi connectivity index (χ1n) is 8.62. The fourth-order valence-electron chi connectivity index (χ4n) is 2.48. The van der Waals surface area contributed by atoms with Crippen molar-refractivity contribution in [3.63, 3.8) is 0 Å². The molecule has 0 heterocycles. The second-order valence-corrected chi connectivity index (χ2v) is 7.68. The maximum Gasteiger partial charge on any atom is 1.00 e. The molecule has 1 N–H and O–H groups in total. The van der Waals surface area contributed by atoms with E-state index in [1.165, 1.54) is 50.5 Å². The molecule has 0 spiro atoms. The van der Waals surface area contributed by atoms with Crippen LogP contribution >= 0.6 is 0 Å². The van der Waals surface area contributed by atoms with Crippen LogP contribution in [0.3, 0.4) is 0 Å². The second-order valence-electron chi connectivity index (χ2n) is 6.23. The zero-order chi connectivity index (χ0) is 17.7. The summed E-state index contributed by atoms with van der Waals surface area (Å²) >= 11 is 0. The van der Waals surface area contributed by atoms with Crippen molar-refractivity contribution in [2.75, 3.05) is 19.3 Å². The van der Waals surface area contributed by atoms with Crippen molar-refractivity contribution in [1.29, 1.82) is 0 Å². The SMILES string of the molecule is CCCCCCCCCCCC(=O)N(C)CC(O)CS(=O)(=O)[O-].[Na+]. The number of nitrogens with zero attached hydrogens (tertiary/aromatic N) is 1. The number of hydrogen-bond donors (Lipinski definition) is 1. The topological polar surface area (TPSA) is 97.7 Å². The van der Waals surface area contributed by atoms with E-state index in [-0.39, 0.29) is 42.0 Å². The normalized spacial score (nSPS) is 12.5. The monoisotopic (exact) mass is 373 g/mol. The molecule has 0 aliphatic carbocycles. The molecule has 1 atom stereocenters. The molecule has 0 aromatic heterocycles. The van der Waals surface area contributed by atoms with Crippen LogP contribution in [0, 0.1) is 0 Å². The van der Waals surface area contributed by atoms with Crippen molar-refractivity contribution in [2.24, 2.45) is 0 Å². The van der Waals surface area contributed by atoms with E-state index in [1.807, 2.05) is 0 Å². The summed E-state index contributed by atoms with van der Waals surface area (Å²) in [5.41, 5.74) is 0.